The Labute approximate surface area is 132 Å². The maximum Gasteiger partial charge on any atom is 0.133 e. The first-order chi connectivity index (χ1) is 10.2. The molecule has 0 saturated carbocycles. The number of hydrogen-bond acceptors (Lipinski definition) is 2. The van der Waals surface area contributed by atoms with Gasteiger partial charge in [-0.2, -0.15) is 0 Å². The second-order valence-electron chi connectivity index (χ2n) is 4.51. The van der Waals surface area contributed by atoms with E-state index in [1.54, 1.807) is 11.4 Å². The highest BCUT2D eigenvalue weighted by atomic mass is 35.5. The first-order valence-electron chi connectivity index (χ1n) is 6.67. The molecule has 0 aliphatic rings. The summed E-state index contributed by atoms with van der Waals surface area (Å²) in [5, 5.41) is 11.5. The molecule has 0 atom stereocenters. The molecule has 1 heterocycles. The number of rotatable bonds is 3. The second-order valence-corrected chi connectivity index (χ2v) is 5.80. The Bertz CT molecular complexity index is 646. The lowest BCUT2D eigenvalue weighted by Gasteiger charge is -1.95. The molecule has 0 saturated heterocycles. The van der Waals surface area contributed by atoms with Crippen molar-refractivity contribution >= 4 is 33.0 Å². The normalized spacial score (nSPS) is 10.2. The first kappa shape index (κ1) is 15.8. The fourth-order valence-corrected chi connectivity index (χ4v) is 2.88. The third-order valence-electron chi connectivity index (χ3n) is 2.98. The zero-order valence-corrected chi connectivity index (χ0v) is 13.0. The number of phenols is 1. The van der Waals surface area contributed by atoms with E-state index in [-0.39, 0.29) is 11.6 Å². The third-order valence-corrected chi connectivity index (χ3v) is 4.19. The summed E-state index contributed by atoms with van der Waals surface area (Å²) in [6.07, 6.45) is 2.18. The van der Waals surface area contributed by atoms with Crippen LogP contribution in [0.5, 0.6) is 5.75 Å². The topological polar surface area (TPSA) is 20.2 Å². The first-order valence-corrected chi connectivity index (χ1v) is 8.08. The maximum absolute atomic E-state index is 12.9. The fourth-order valence-electron chi connectivity index (χ4n) is 1.93. The van der Waals surface area contributed by atoms with E-state index in [2.05, 4.69) is 24.3 Å². The number of aryl methyl sites for hydroxylation is 1. The zero-order chi connectivity index (χ0) is 15.1. The Morgan fingerprint density at radius 1 is 1.05 bits per heavy atom. The Morgan fingerprint density at radius 3 is 2.48 bits per heavy atom. The van der Waals surface area contributed by atoms with Crippen molar-refractivity contribution in [1.82, 2.24) is 0 Å². The number of halogens is 2. The smallest absolute Gasteiger partial charge is 0.133 e. The van der Waals surface area contributed by atoms with Crippen LogP contribution in [0.4, 0.5) is 4.39 Å². The number of phenolic OH excluding ortho intramolecular Hbond substituents is 1. The van der Waals surface area contributed by atoms with E-state index in [0.717, 1.165) is 18.7 Å². The summed E-state index contributed by atoms with van der Waals surface area (Å²) in [6, 6.07) is 14.7. The largest absolute Gasteiger partial charge is 0.506 e. The molecule has 1 nitrogen and oxygen atoms in total. The molecule has 0 fully saturated rings. The third kappa shape index (κ3) is 4.45. The highest BCUT2D eigenvalue weighted by Gasteiger charge is 2.04. The van der Waals surface area contributed by atoms with Crippen molar-refractivity contribution in [3.63, 3.8) is 0 Å². The molecule has 0 aliphatic carbocycles. The van der Waals surface area contributed by atoms with Gasteiger partial charge in [0.25, 0.3) is 0 Å². The molecule has 0 bridgehead atoms. The molecule has 2 aromatic carbocycles. The molecule has 1 aromatic heterocycles. The second kappa shape index (κ2) is 8.01. The summed E-state index contributed by atoms with van der Waals surface area (Å²) < 4.78 is 13.5. The van der Waals surface area contributed by atoms with Crippen LogP contribution in [0.1, 0.15) is 12.0 Å². The van der Waals surface area contributed by atoms with Gasteiger partial charge in [0.2, 0.25) is 0 Å². The van der Waals surface area contributed by atoms with Crippen LogP contribution >= 0.6 is 22.9 Å². The lowest BCUT2D eigenvalue weighted by molar-refractivity contribution is 0.481. The minimum atomic E-state index is -0.279. The molecule has 0 unspecified atom stereocenters. The van der Waals surface area contributed by atoms with Crippen molar-refractivity contribution in [3.05, 3.63) is 65.3 Å². The van der Waals surface area contributed by atoms with E-state index in [9.17, 15) is 9.50 Å². The molecule has 110 valence electrons. The SMILES string of the molecule is ClCCCc1ccccc1.Oc1ccc(F)c2ccsc12. The summed E-state index contributed by atoms with van der Waals surface area (Å²) in [6.45, 7) is 0. The molecule has 3 rings (SSSR count). The van der Waals surface area contributed by atoms with Gasteiger partial charge in [-0.3, -0.25) is 0 Å². The van der Waals surface area contributed by atoms with Crippen molar-refractivity contribution < 1.29 is 9.50 Å². The van der Waals surface area contributed by atoms with Gasteiger partial charge in [0, 0.05) is 11.3 Å². The van der Waals surface area contributed by atoms with Gasteiger partial charge >= 0.3 is 0 Å². The van der Waals surface area contributed by atoms with Crippen LogP contribution in [0.15, 0.2) is 53.9 Å². The van der Waals surface area contributed by atoms with Crippen LogP contribution in [0.3, 0.4) is 0 Å². The molecule has 0 aliphatic heterocycles. The van der Waals surface area contributed by atoms with E-state index in [1.165, 1.54) is 29.0 Å². The van der Waals surface area contributed by atoms with Gasteiger partial charge in [-0.15, -0.1) is 22.9 Å². The summed E-state index contributed by atoms with van der Waals surface area (Å²) in [5.41, 5.74) is 1.38. The van der Waals surface area contributed by atoms with Crippen molar-refractivity contribution in [2.24, 2.45) is 0 Å². The predicted octanol–water partition coefficient (Wildman–Crippen LogP) is 5.60. The van der Waals surface area contributed by atoms with E-state index in [0.29, 0.717) is 10.1 Å². The van der Waals surface area contributed by atoms with Crippen LogP contribution in [0.25, 0.3) is 10.1 Å². The molecular formula is C17H16ClFOS. The van der Waals surface area contributed by atoms with E-state index >= 15 is 0 Å². The van der Waals surface area contributed by atoms with Gasteiger partial charge < -0.3 is 5.11 Å². The quantitative estimate of drug-likeness (QED) is 0.622. The van der Waals surface area contributed by atoms with Gasteiger partial charge in [0.15, 0.2) is 0 Å². The van der Waals surface area contributed by atoms with Crippen molar-refractivity contribution in [1.29, 1.82) is 0 Å². The van der Waals surface area contributed by atoms with Gasteiger partial charge in [0.1, 0.15) is 11.6 Å². The van der Waals surface area contributed by atoms with Crippen LogP contribution in [-0.4, -0.2) is 11.0 Å². The lowest BCUT2D eigenvalue weighted by atomic mass is 10.1. The number of fused-ring (bicyclic) bond motifs is 1. The van der Waals surface area contributed by atoms with E-state index in [1.807, 2.05) is 6.07 Å². The van der Waals surface area contributed by atoms with Crippen LogP contribution in [0, 0.1) is 5.82 Å². The Hall–Kier alpha value is -1.58. The number of alkyl halides is 1. The van der Waals surface area contributed by atoms with E-state index in [4.69, 9.17) is 11.6 Å². The van der Waals surface area contributed by atoms with Gasteiger partial charge in [-0.1, -0.05) is 30.3 Å². The van der Waals surface area contributed by atoms with Crippen LogP contribution in [0.2, 0.25) is 0 Å². The van der Waals surface area contributed by atoms with Gasteiger partial charge in [-0.25, -0.2) is 4.39 Å². The molecule has 4 heteroatoms. The molecule has 0 radical (unpaired) electrons. The zero-order valence-electron chi connectivity index (χ0n) is 11.4. The number of benzene rings is 2. The van der Waals surface area contributed by atoms with Crippen LogP contribution in [-0.2, 0) is 6.42 Å². The standard InChI is InChI=1S/C9H11Cl.C8H5FOS/c10-8-4-7-9-5-2-1-3-6-9;9-6-1-2-7(10)8-5(6)3-4-11-8/h1-3,5-6H,4,7-8H2;1-4,10H. The Kier molecular flexibility index (Phi) is 6.03. The maximum atomic E-state index is 12.9. The molecule has 0 spiro atoms. The summed E-state index contributed by atoms with van der Waals surface area (Å²) >= 11 is 6.89. The number of aromatic hydroxyl groups is 1. The highest BCUT2D eigenvalue weighted by molar-refractivity contribution is 7.17. The Morgan fingerprint density at radius 2 is 1.81 bits per heavy atom. The minimum absolute atomic E-state index is 0.149. The summed E-state index contributed by atoms with van der Waals surface area (Å²) in [5.74, 6) is 0.630. The predicted molar refractivity (Wildman–Crippen MR) is 88.9 cm³/mol. The molecule has 0 amide bonds. The molecular weight excluding hydrogens is 307 g/mol. The Balaban J connectivity index is 0.000000155. The summed E-state index contributed by atoms with van der Waals surface area (Å²) in [7, 11) is 0. The van der Waals surface area contributed by atoms with Gasteiger partial charge in [-0.05, 0) is 42.0 Å². The van der Waals surface area contributed by atoms with Crippen molar-refractivity contribution in [2.45, 2.75) is 12.8 Å². The van der Waals surface area contributed by atoms with E-state index < -0.39 is 0 Å². The minimum Gasteiger partial charge on any atom is -0.506 e. The summed E-state index contributed by atoms with van der Waals surface area (Å²) in [4.78, 5) is 0. The van der Waals surface area contributed by atoms with Crippen LogP contribution < -0.4 is 0 Å². The molecule has 3 aromatic rings. The number of thiophene rings is 1. The fraction of sp³-hybridized carbons (Fsp3) is 0.176. The van der Waals surface area contributed by atoms with Crippen molar-refractivity contribution in [2.75, 3.05) is 5.88 Å². The lowest BCUT2D eigenvalue weighted by Crippen LogP contribution is -1.83. The highest BCUT2D eigenvalue weighted by Crippen LogP contribution is 2.31. The average Bonchev–Trinajstić information content (AvgIpc) is 3.02. The van der Waals surface area contributed by atoms with Gasteiger partial charge in [0.05, 0.1) is 4.70 Å². The molecule has 21 heavy (non-hydrogen) atoms. The molecule has 1 N–H and O–H groups in total. The van der Waals surface area contributed by atoms with Crippen molar-refractivity contribution in [3.8, 4) is 5.75 Å². The average molecular weight is 323 g/mol. The monoisotopic (exact) mass is 322 g/mol. The number of hydrogen-bond donors (Lipinski definition) is 1.